The van der Waals surface area contributed by atoms with Crippen molar-refractivity contribution < 1.29 is 22.4 Å². The van der Waals surface area contributed by atoms with Gasteiger partial charge in [0.2, 0.25) is 0 Å². The molecule has 0 amide bonds. The summed E-state index contributed by atoms with van der Waals surface area (Å²) >= 11 is 0. The van der Waals surface area contributed by atoms with Crippen molar-refractivity contribution in [3.8, 4) is 0 Å². The van der Waals surface area contributed by atoms with Gasteiger partial charge in [-0.25, -0.2) is 8.78 Å². The first kappa shape index (κ1) is 11.6. The van der Waals surface area contributed by atoms with Gasteiger partial charge in [0.05, 0.1) is 6.42 Å². The Balaban J connectivity index is 2.73. The number of rotatable bonds is 4. The van der Waals surface area contributed by atoms with Crippen LogP contribution in [0.2, 0.25) is 0 Å². The van der Waals surface area contributed by atoms with Crippen LogP contribution in [0.5, 0.6) is 0 Å². The van der Waals surface area contributed by atoms with Crippen molar-refractivity contribution in [3.63, 3.8) is 0 Å². The van der Waals surface area contributed by atoms with Crippen LogP contribution in [0.3, 0.4) is 0 Å². The van der Waals surface area contributed by atoms with Gasteiger partial charge in [-0.2, -0.15) is 8.78 Å². The van der Waals surface area contributed by atoms with E-state index in [0.29, 0.717) is 0 Å². The van der Waals surface area contributed by atoms with Crippen LogP contribution in [0, 0.1) is 0 Å². The smallest absolute Gasteiger partial charge is 0.294 e. The lowest BCUT2D eigenvalue weighted by molar-refractivity contribution is -0.125. The fourth-order valence-electron chi connectivity index (χ4n) is 0.921. The van der Waals surface area contributed by atoms with E-state index in [-0.39, 0.29) is 5.56 Å². The molecule has 0 aliphatic carbocycles. The second kappa shape index (κ2) is 4.37. The van der Waals surface area contributed by atoms with Crippen LogP contribution in [0.1, 0.15) is 16.8 Å². The monoisotopic (exact) mass is 221 g/mol. The maximum absolute atomic E-state index is 12.5. The van der Waals surface area contributed by atoms with Crippen LogP contribution in [0.4, 0.5) is 17.6 Å². The van der Waals surface area contributed by atoms with Crippen LogP contribution in [-0.2, 0) is 0 Å². The molecule has 0 spiro atoms. The first-order valence-corrected chi connectivity index (χ1v) is 4.02. The van der Waals surface area contributed by atoms with E-state index < -0.39 is 24.6 Å². The third-order valence-electron chi connectivity index (χ3n) is 1.70. The fourth-order valence-corrected chi connectivity index (χ4v) is 0.921. The number of pyridine rings is 1. The van der Waals surface area contributed by atoms with Crippen molar-refractivity contribution in [2.75, 3.05) is 0 Å². The maximum atomic E-state index is 12.5. The summed E-state index contributed by atoms with van der Waals surface area (Å²) in [5.41, 5.74) is -0.0992. The summed E-state index contributed by atoms with van der Waals surface area (Å²) in [5, 5.41) is 0. The average molecular weight is 221 g/mol. The molecule has 82 valence electrons. The van der Waals surface area contributed by atoms with Gasteiger partial charge in [0.25, 0.3) is 0 Å². The quantitative estimate of drug-likeness (QED) is 0.577. The van der Waals surface area contributed by atoms with Crippen molar-refractivity contribution >= 4 is 5.78 Å². The standard InChI is InChI=1S/C9H7F4NO/c10-8(11)9(12,13)4-7(15)6-2-1-3-14-5-6/h1-3,5,8H,4H2. The number of alkyl halides is 4. The first-order valence-electron chi connectivity index (χ1n) is 4.02. The van der Waals surface area contributed by atoms with Crippen molar-refractivity contribution in [3.05, 3.63) is 30.1 Å². The second-order valence-corrected chi connectivity index (χ2v) is 2.90. The second-order valence-electron chi connectivity index (χ2n) is 2.90. The predicted octanol–water partition coefficient (Wildman–Crippen LogP) is 2.55. The van der Waals surface area contributed by atoms with Gasteiger partial charge in [-0.05, 0) is 12.1 Å². The van der Waals surface area contributed by atoms with Crippen molar-refractivity contribution in [1.82, 2.24) is 4.98 Å². The van der Waals surface area contributed by atoms with Crippen LogP contribution >= 0.6 is 0 Å². The molecule has 0 atom stereocenters. The highest BCUT2D eigenvalue weighted by Gasteiger charge is 2.42. The molecule has 15 heavy (non-hydrogen) atoms. The van der Waals surface area contributed by atoms with E-state index in [9.17, 15) is 22.4 Å². The Kier molecular flexibility index (Phi) is 3.39. The van der Waals surface area contributed by atoms with Gasteiger partial charge < -0.3 is 0 Å². The van der Waals surface area contributed by atoms with E-state index in [1.807, 2.05) is 0 Å². The molecule has 0 radical (unpaired) electrons. The summed E-state index contributed by atoms with van der Waals surface area (Å²) in [6, 6.07) is 2.62. The molecular weight excluding hydrogens is 214 g/mol. The number of halogens is 4. The molecule has 2 nitrogen and oxygen atoms in total. The van der Waals surface area contributed by atoms with E-state index in [2.05, 4.69) is 4.98 Å². The molecule has 0 N–H and O–H groups in total. The molecule has 1 rings (SSSR count). The molecule has 6 heteroatoms. The molecule has 0 aromatic carbocycles. The highest BCUT2D eigenvalue weighted by molar-refractivity contribution is 5.96. The van der Waals surface area contributed by atoms with Crippen molar-refractivity contribution in [2.24, 2.45) is 0 Å². The maximum Gasteiger partial charge on any atom is 0.314 e. The predicted molar refractivity (Wildman–Crippen MR) is 44.1 cm³/mol. The third-order valence-corrected chi connectivity index (χ3v) is 1.70. The molecule has 0 unspecified atom stereocenters. The highest BCUT2D eigenvalue weighted by Crippen LogP contribution is 2.27. The number of carbonyl (C=O) groups is 1. The molecule has 0 aliphatic heterocycles. The van der Waals surface area contributed by atoms with Crippen molar-refractivity contribution in [1.29, 1.82) is 0 Å². The van der Waals surface area contributed by atoms with Gasteiger partial charge in [-0.1, -0.05) is 0 Å². The van der Waals surface area contributed by atoms with Gasteiger partial charge in [-0.15, -0.1) is 0 Å². The van der Waals surface area contributed by atoms with Crippen LogP contribution < -0.4 is 0 Å². The third kappa shape index (κ3) is 3.00. The summed E-state index contributed by atoms with van der Waals surface area (Å²) in [7, 11) is 0. The van der Waals surface area contributed by atoms with Crippen LogP contribution in [-0.4, -0.2) is 23.1 Å². The molecule has 1 aromatic heterocycles. The Morgan fingerprint density at radius 2 is 2.13 bits per heavy atom. The van der Waals surface area contributed by atoms with Gasteiger partial charge in [0, 0.05) is 18.0 Å². The van der Waals surface area contributed by atoms with E-state index in [0.717, 1.165) is 6.20 Å². The number of ketones is 1. The largest absolute Gasteiger partial charge is 0.314 e. The zero-order chi connectivity index (χ0) is 11.5. The SMILES string of the molecule is O=C(CC(F)(F)C(F)F)c1cccnc1. The van der Waals surface area contributed by atoms with Gasteiger partial charge in [-0.3, -0.25) is 9.78 Å². The van der Waals surface area contributed by atoms with Crippen molar-refractivity contribution in [2.45, 2.75) is 18.8 Å². The Hall–Kier alpha value is -1.46. The number of aromatic nitrogens is 1. The van der Waals surface area contributed by atoms with Gasteiger partial charge >= 0.3 is 12.3 Å². The Morgan fingerprint density at radius 1 is 1.47 bits per heavy atom. The Labute approximate surface area is 82.9 Å². The number of carbonyl (C=O) groups excluding carboxylic acids is 1. The Bertz CT molecular complexity index is 339. The lowest BCUT2D eigenvalue weighted by atomic mass is 10.1. The molecule has 0 aliphatic rings. The lowest BCUT2D eigenvalue weighted by Crippen LogP contribution is -2.29. The summed E-state index contributed by atoms with van der Waals surface area (Å²) in [6.07, 6.45) is -2.93. The average Bonchev–Trinajstić information content (AvgIpc) is 2.18. The molecule has 0 saturated heterocycles. The lowest BCUT2D eigenvalue weighted by Gasteiger charge is -2.13. The summed E-state index contributed by atoms with van der Waals surface area (Å²) in [5.74, 6) is -5.33. The van der Waals surface area contributed by atoms with E-state index >= 15 is 0 Å². The molecular formula is C9H7F4NO. The zero-order valence-corrected chi connectivity index (χ0v) is 7.46. The zero-order valence-electron chi connectivity index (χ0n) is 7.46. The summed E-state index contributed by atoms with van der Waals surface area (Å²) < 4.78 is 48.5. The number of nitrogens with zero attached hydrogens (tertiary/aromatic N) is 1. The molecule has 0 fully saturated rings. The van der Waals surface area contributed by atoms with E-state index in [1.54, 1.807) is 0 Å². The van der Waals surface area contributed by atoms with Crippen LogP contribution in [0.15, 0.2) is 24.5 Å². The normalized spacial score (nSPS) is 11.8. The summed E-state index contributed by atoms with van der Waals surface area (Å²) in [4.78, 5) is 14.6. The van der Waals surface area contributed by atoms with E-state index in [4.69, 9.17) is 0 Å². The first-order chi connectivity index (χ1) is 6.93. The minimum absolute atomic E-state index is 0.0992. The number of hydrogen-bond donors (Lipinski definition) is 0. The minimum Gasteiger partial charge on any atom is -0.294 e. The molecule has 0 bridgehead atoms. The number of hydrogen-bond acceptors (Lipinski definition) is 2. The molecule has 1 heterocycles. The van der Waals surface area contributed by atoms with Gasteiger partial charge in [0.15, 0.2) is 5.78 Å². The summed E-state index contributed by atoms with van der Waals surface area (Å²) in [6.45, 7) is 0. The molecule has 0 saturated carbocycles. The van der Waals surface area contributed by atoms with Gasteiger partial charge in [0.1, 0.15) is 0 Å². The molecule has 1 aromatic rings. The highest BCUT2D eigenvalue weighted by atomic mass is 19.3. The number of Topliss-reactive ketones (excluding diaryl/α,β-unsaturated/α-hetero) is 1. The Morgan fingerprint density at radius 3 is 2.60 bits per heavy atom. The topological polar surface area (TPSA) is 30.0 Å². The fraction of sp³-hybridized carbons (Fsp3) is 0.333. The van der Waals surface area contributed by atoms with E-state index in [1.165, 1.54) is 18.3 Å². The van der Waals surface area contributed by atoms with Crippen LogP contribution in [0.25, 0.3) is 0 Å². The minimum atomic E-state index is -4.28.